The van der Waals surface area contributed by atoms with Gasteiger partial charge in [0.2, 0.25) is 0 Å². The van der Waals surface area contributed by atoms with Crippen LogP contribution >= 0.6 is 0 Å². The molecule has 0 spiro atoms. The van der Waals surface area contributed by atoms with Crippen molar-refractivity contribution in [3.05, 3.63) is 35.9 Å². The fourth-order valence-corrected chi connectivity index (χ4v) is 0.583. The standard InChI is InChI=1S/C7H8O.H3NO/c8-6-7-4-2-1-3-5-7;1-2/h1-5,8H,6H2;2H,1H2. The van der Waals surface area contributed by atoms with E-state index in [1.807, 2.05) is 30.3 Å². The first kappa shape index (κ1) is 9.10. The molecular weight excluding hydrogens is 130 g/mol. The van der Waals surface area contributed by atoms with Crippen molar-refractivity contribution in [1.29, 1.82) is 0 Å². The Morgan fingerprint density at radius 2 is 1.60 bits per heavy atom. The SMILES string of the molecule is NO.OCc1ccccc1. The van der Waals surface area contributed by atoms with Gasteiger partial charge in [0.1, 0.15) is 0 Å². The second-order valence-electron chi connectivity index (χ2n) is 1.64. The third-order valence-corrected chi connectivity index (χ3v) is 1.03. The second kappa shape index (κ2) is 6.22. The van der Waals surface area contributed by atoms with E-state index in [4.69, 9.17) is 10.3 Å². The number of benzene rings is 1. The van der Waals surface area contributed by atoms with Gasteiger partial charge in [-0.05, 0) is 5.56 Å². The molecule has 4 N–H and O–H groups in total. The van der Waals surface area contributed by atoms with Crippen LogP contribution in [0.25, 0.3) is 0 Å². The maximum Gasteiger partial charge on any atom is 0.0681 e. The van der Waals surface area contributed by atoms with Crippen molar-refractivity contribution in [3.63, 3.8) is 0 Å². The summed E-state index contributed by atoms with van der Waals surface area (Å²) < 4.78 is 0. The number of aliphatic hydroxyl groups is 1. The molecule has 0 atom stereocenters. The lowest BCUT2D eigenvalue weighted by Crippen LogP contribution is -1.77. The molecule has 0 bridgehead atoms. The lowest BCUT2D eigenvalue weighted by Gasteiger charge is -1.89. The average Bonchev–Trinajstić information content (AvgIpc) is 2.10. The Kier molecular flexibility index (Phi) is 5.66. The summed E-state index contributed by atoms with van der Waals surface area (Å²) in [5.41, 5.74) is 0.965. The quantitative estimate of drug-likeness (QED) is 0.499. The topological polar surface area (TPSA) is 66.5 Å². The smallest absolute Gasteiger partial charge is 0.0681 e. The molecule has 56 valence electrons. The van der Waals surface area contributed by atoms with Gasteiger partial charge in [0.25, 0.3) is 0 Å². The van der Waals surface area contributed by atoms with E-state index >= 15 is 0 Å². The van der Waals surface area contributed by atoms with E-state index < -0.39 is 0 Å². The monoisotopic (exact) mass is 141 g/mol. The summed E-state index contributed by atoms with van der Waals surface area (Å²) in [5.74, 6) is 3.50. The molecule has 1 rings (SSSR count). The van der Waals surface area contributed by atoms with E-state index in [0.29, 0.717) is 0 Å². The molecule has 3 heteroatoms. The van der Waals surface area contributed by atoms with Gasteiger partial charge in [-0.2, -0.15) is 0 Å². The van der Waals surface area contributed by atoms with Gasteiger partial charge in [0.05, 0.1) is 6.61 Å². The molecule has 10 heavy (non-hydrogen) atoms. The zero-order valence-electron chi connectivity index (χ0n) is 5.57. The predicted molar refractivity (Wildman–Crippen MR) is 38.3 cm³/mol. The summed E-state index contributed by atoms with van der Waals surface area (Å²) in [7, 11) is 0. The van der Waals surface area contributed by atoms with Crippen molar-refractivity contribution < 1.29 is 10.3 Å². The Bertz CT molecular complexity index is 153. The van der Waals surface area contributed by atoms with Crippen LogP contribution in [0.1, 0.15) is 5.56 Å². The lowest BCUT2D eigenvalue weighted by molar-refractivity contribution is 0.282. The van der Waals surface area contributed by atoms with E-state index in [9.17, 15) is 0 Å². The van der Waals surface area contributed by atoms with Crippen LogP contribution in [-0.2, 0) is 6.61 Å². The molecule has 0 amide bonds. The summed E-state index contributed by atoms with van der Waals surface area (Å²) in [6.07, 6.45) is 0. The molecule has 0 saturated carbocycles. The van der Waals surface area contributed by atoms with E-state index in [1.165, 1.54) is 0 Å². The van der Waals surface area contributed by atoms with E-state index in [1.54, 1.807) is 0 Å². The van der Waals surface area contributed by atoms with Crippen molar-refractivity contribution in [2.45, 2.75) is 6.61 Å². The van der Waals surface area contributed by atoms with Crippen LogP contribution in [0, 0.1) is 0 Å². The Morgan fingerprint density at radius 1 is 1.10 bits per heavy atom. The van der Waals surface area contributed by atoms with Crippen LogP contribution in [-0.4, -0.2) is 10.3 Å². The maximum atomic E-state index is 8.54. The number of hydrogen-bond donors (Lipinski definition) is 3. The minimum absolute atomic E-state index is 0.140. The molecular formula is C7H11NO2. The van der Waals surface area contributed by atoms with Gasteiger partial charge in [0, 0.05) is 0 Å². The first-order valence-corrected chi connectivity index (χ1v) is 2.84. The van der Waals surface area contributed by atoms with Crippen LogP contribution < -0.4 is 5.90 Å². The molecule has 0 saturated heterocycles. The summed E-state index contributed by atoms with van der Waals surface area (Å²) in [6, 6.07) is 9.52. The van der Waals surface area contributed by atoms with Gasteiger partial charge in [-0.15, -0.1) is 0 Å². The Hall–Kier alpha value is -0.900. The van der Waals surface area contributed by atoms with Crippen LogP contribution in [0.4, 0.5) is 0 Å². The summed E-state index contributed by atoms with van der Waals surface area (Å²) in [4.78, 5) is 0. The molecule has 0 fully saturated rings. The van der Waals surface area contributed by atoms with Gasteiger partial charge in [-0.25, -0.2) is 5.90 Å². The highest BCUT2D eigenvalue weighted by Crippen LogP contribution is 1.95. The summed E-state index contributed by atoms with van der Waals surface area (Å²) >= 11 is 0. The van der Waals surface area contributed by atoms with Gasteiger partial charge in [-0.3, -0.25) is 0 Å². The minimum atomic E-state index is 0.140. The largest absolute Gasteiger partial charge is 0.392 e. The molecule has 0 radical (unpaired) electrons. The second-order valence-corrected chi connectivity index (χ2v) is 1.64. The summed E-state index contributed by atoms with van der Waals surface area (Å²) in [5, 5.41) is 15.0. The average molecular weight is 141 g/mol. The first-order chi connectivity index (χ1) is 4.93. The van der Waals surface area contributed by atoms with Gasteiger partial charge in [-0.1, -0.05) is 30.3 Å². The predicted octanol–water partition coefficient (Wildman–Crippen LogP) is 0.513. The Labute approximate surface area is 59.7 Å². The number of hydrogen-bond acceptors (Lipinski definition) is 3. The third-order valence-electron chi connectivity index (χ3n) is 1.03. The zero-order valence-corrected chi connectivity index (χ0v) is 5.57. The number of nitrogens with two attached hydrogens (primary N) is 1. The number of aliphatic hydroxyl groups excluding tert-OH is 1. The van der Waals surface area contributed by atoms with Crippen LogP contribution in [0.3, 0.4) is 0 Å². The fraction of sp³-hybridized carbons (Fsp3) is 0.143. The van der Waals surface area contributed by atoms with Crippen LogP contribution in [0.5, 0.6) is 0 Å². The zero-order chi connectivity index (χ0) is 7.82. The van der Waals surface area contributed by atoms with Gasteiger partial charge >= 0.3 is 0 Å². The van der Waals surface area contributed by atoms with Crippen molar-refractivity contribution in [1.82, 2.24) is 0 Å². The first-order valence-electron chi connectivity index (χ1n) is 2.84. The maximum absolute atomic E-state index is 8.54. The molecule has 3 nitrogen and oxygen atoms in total. The highest BCUT2D eigenvalue weighted by atomic mass is 16.4. The van der Waals surface area contributed by atoms with Crippen LogP contribution in [0.2, 0.25) is 0 Å². The van der Waals surface area contributed by atoms with E-state index in [2.05, 4.69) is 5.90 Å². The van der Waals surface area contributed by atoms with E-state index in [-0.39, 0.29) is 6.61 Å². The van der Waals surface area contributed by atoms with Crippen molar-refractivity contribution >= 4 is 0 Å². The third kappa shape index (κ3) is 3.19. The molecule has 0 unspecified atom stereocenters. The Balaban J connectivity index is 0.000000371. The van der Waals surface area contributed by atoms with Crippen LogP contribution in [0.15, 0.2) is 30.3 Å². The Morgan fingerprint density at radius 3 is 1.90 bits per heavy atom. The van der Waals surface area contributed by atoms with E-state index in [0.717, 1.165) is 5.56 Å². The van der Waals surface area contributed by atoms with Crippen molar-refractivity contribution in [3.8, 4) is 0 Å². The van der Waals surface area contributed by atoms with Crippen molar-refractivity contribution in [2.75, 3.05) is 0 Å². The molecule has 0 heterocycles. The normalized spacial score (nSPS) is 7.90. The number of rotatable bonds is 1. The molecule has 1 aromatic rings. The molecule has 0 aliphatic heterocycles. The molecule has 0 aromatic heterocycles. The summed E-state index contributed by atoms with van der Waals surface area (Å²) in [6.45, 7) is 0.140. The minimum Gasteiger partial charge on any atom is -0.392 e. The highest BCUT2D eigenvalue weighted by molar-refractivity contribution is 5.12. The molecule has 1 aromatic carbocycles. The fourth-order valence-electron chi connectivity index (χ4n) is 0.583. The lowest BCUT2D eigenvalue weighted by atomic mass is 10.2. The van der Waals surface area contributed by atoms with Gasteiger partial charge < -0.3 is 10.3 Å². The molecule has 0 aliphatic rings. The molecule has 0 aliphatic carbocycles. The highest BCUT2D eigenvalue weighted by Gasteiger charge is 1.81. The van der Waals surface area contributed by atoms with Gasteiger partial charge in [0.15, 0.2) is 0 Å². The van der Waals surface area contributed by atoms with Crippen molar-refractivity contribution in [2.24, 2.45) is 5.90 Å².